The van der Waals surface area contributed by atoms with Crippen LogP contribution in [-0.2, 0) is 13.0 Å². The minimum absolute atomic E-state index is 0.828. The molecule has 0 N–H and O–H groups in total. The Morgan fingerprint density at radius 3 is 3.11 bits per heavy atom. The quantitative estimate of drug-likeness (QED) is 0.847. The fourth-order valence-electron chi connectivity index (χ4n) is 2.75. The van der Waals surface area contributed by atoms with Crippen LogP contribution in [0.25, 0.3) is 10.9 Å². The van der Waals surface area contributed by atoms with Crippen LogP contribution in [0, 0.1) is 0 Å². The van der Waals surface area contributed by atoms with E-state index >= 15 is 0 Å². The Hall–Kier alpha value is -1.55. The number of ether oxygens (including phenoxy) is 1. The van der Waals surface area contributed by atoms with E-state index in [9.17, 15) is 0 Å². The van der Waals surface area contributed by atoms with Crippen LogP contribution in [0.3, 0.4) is 0 Å². The maximum Gasteiger partial charge on any atom is 0.149 e. The molecule has 102 valence electrons. The third-order valence-corrected chi connectivity index (χ3v) is 3.75. The summed E-state index contributed by atoms with van der Waals surface area (Å²) in [7, 11) is 4.23. The molecule has 2 aromatic rings. The summed E-state index contributed by atoms with van der Waals surface area (Å²) in [6.07, 6.45) is 7.26. The second-order valence-corrected chi connectivity index (χ2v) is 5.43. The van der Waals surface area contributed by atoms with Crippen molar-refractivity contribution in [2.24, 2.45) is 0 Å². The van der Waals surface area contributed by atoms with E-state index in [2.05, 4.69) is 34.6 Å². The summed E-state index contributed by atoms with van der Waals surface area (Å²) >= 11 is 0. The lowest BCUT2D eigenvalue weighted by Gasteiger charge is -2.14. The minimum Gasteiger partial charge on any atom is -0.491 e. The zero-order valence-electron chi connectivity index (χ0n) is 11.7. The molecule has 3 rings (SSSR count). The second kappa shape index (κ2) is 5.21. The molecule has 0 saturated heterocycles. The normalized spacial score (nSPS) is 15.3. The van der Waals surface area contributed by atoms with Gasteiger partial charge in [-0.1, -0.05) is 0 Å². The van der Waals surface area contributed by atoms with Crippen LogP contribution in [0.4, 0.5) is 0 Å². The van der Waals surface area contributed by atoms with Gasteiger partial charge in [-0.05, 0) is 39.4 Å². The maximum atomic E-state index is 5.97. The number of rotatable bonds is 3. The molecule has 0 aliphatic carbocycles. The van der Waals surface area contributed by atoms with E-state index < -0.39 is 0 Å². The molecule has 1 aliphatic rings. The van der Waals surface area contributed by atoms with E-state index in [1.54, 1.807) is 0 Å². The van der Waals surface area contributed by atoms with E-state index in [-0.39, 0.29) is 0 Å². The first kappa shape index (κ1) is 12.5. The summed E-state index contributed by atoms with van der Waals surface area (Å²) < 4.78 is 8.39. The van der Waals surface area contributed by atoms with Crippen LogP contribution < -0.4 is 4.74 Å². The van der Waals surface area contributed by atoms with Crippen LogP contribution >= 0.6 is 0 Å². The Labute approximate surface area is 114 Å². The van der Waals surface area contributed by atoms with Crippen molar-refractivity contribution in [3.63, 3.8) is 0 Å². The van der Waals surface area contributed by atoms with Gasteiger partial charge in [0.2, 0.25) is 0 Å². The van der Waals surface area contributed by atoms with Gasteiger partial charge in [0.05, 0.1) is 23.2 Å². The van der Waals surface area contributed by atoms with Crippen molar-refractivity contribution in [2.75, 3.05) is 27.2 Å². The van der Waals surface area contributed by atoms with Crippen molar-refractivity contribution in [1.82, 2.24) is 14.5 Å². The van der Waals surface area contributed by atoms with Crippen LogP contribution in [0.15, 0.2) is 18.5 Å². The first-order valence-corrected chi connectivity index (χ1v) is 7.00. The molecule has 0 radical (unpaired) electrons. The largest absolute Gasteiger partial charge is 0.491 e. The lowest BCUT2D eigenvalue weighted by Crippen LogP contribution is -2.19. The van der Waals surface area contributed by atoms with Crippen molar-refractivity contribution in [1.29, 1.82) is 0 Å². The Kier molecular flexibility index (Phi) is 3.42. The van der Waals surface area contributed by atoms with Crippen LogP contribution in [0.1, 0.15) is 18.5 Å². The summed E-state index contributed by atoms with van der Waals surface area (Å²) in [5.41, 5.74) is 2.60. The first-order valence-electron chi connectivity index (χ1n) is 7.00. The fraction of sp³-hybridized carbons (Fsp3) is 0.533. The van der Waals surface area contributed by atoms with Gasteiger partial charge in [0.15, 0.2) is 0 Å². The molecule has 4 nitrogen and oxygen atoms in total. The predicted molar refractivity (Wildman–Crippen MR) is 76.7 cm³/mol. The van der Waals surface area contributed by atoms with E-state index in [0.717, 1.165) is 43.7 Å². The molecule has 2 aromatic heterocycles. The topological polar surface area (TPSA) is 30.3 Å². The Bertz CT molecular complexity index is 574. The zero-order valence-corrected chi connectivity index (χ0v) is 11.7. The highest BCUT2D eigenvalue weighted by Gasteiger charge is 2.20. The van der Waals surface area contributed by atoms with Crippen LogP contribution in [0.2, 0.25) is 0 Å². The highest BCUT2D eigenvalue weighted by atomic mass is 16.5. The molecule has 0 spiro atoms. The van der Waals surface area contributed by atoms with E-state index in [1.165, 1.54) is 17.6 Å². The van der Waals surface area contributed by atoms with E-state index in [1.807, 2.05) is 12.4 Å². The van der Waals surface area contributed by atoms with Gasteiger partial charge in [0.1, 0.15) is 5.75 Å². The third kappa shape index (κ3) is 2.32. The molecule has 1 aliphatic heterocycles. The van der Waals surface area contributed by atoms with E-state index in [0.29, 0.717) is 0 Å². The predicted octanol–water partition coefficient (Wildman–Crippen LogP) is 2.31. The van der Waals surface area contributed by atoms with Gasteiger partial charge in [-0.3, -0.25) is 4.98 Å². The number of fused-ring (bicyclic) bond motifs is 3. The van der Waals surface area contributed by atoms with Crippen LogP contribution in [-0.4, -0.2) is 41.7 Å². The summed E-state index contributed by atoms with van der Waals surface area (Å²) in [5, 5.41) is 1.16. The molecule has 0 saturated carbocycles. The van der Waals surface area contributed by atoms with Crippen molar-refractivity contribution in [3.8, 4) is 5.75 Å². The first-order chi connectivity index (χ1) is 9.27. The van der Waals surface area contributed by atoms with Crippen molar-refractivity contribution >= 4 is 10.9 Å². The Balaban J connectivity index is 2.09. The van der Waals surface area contributed by atoms with Gasteiger partial charge in [0.25, 0.3) is 0 Å². The van der Waals surface area contributed by atoms with Gasteiger partial charge >= 0.3 is 0 Å². The molecule has 3 heterocycles. The molecule has 0 atom stereocenters. The Morgan fingerprint density at radius 1 is 1.37 bits per heavy atom. The summed E-state index contributed by atoms with van der Waals surface area (Å²) in [6, 6.07) is 2.10. The molecular formula is C15H21N3O. The molecule has 0 unspecified atom stereocenters. The number of likely N-dealkylation sites (N-methyl/N-ethyl adjacent to an activating group) is 1. The molecule has 4 heteroatoms. The van der Waals surface area contributed by atoms with Gasteiger partial charge in [-0.2, -0.15) is 0 Å². The Morgan fingerprint density at radius 2 is 2.26 bits per heavy atom. The monoisotopic (exact) mass is 259 g/mol. The van der Waals surface area contributed by atoms with Gasteiger partial charge in [-0.15, -0.1) is 0 Å². The SMILES string of the molecule is CN(C)CCn1c2c(c3cnccc31)OCCCC2. The minimum atomic E-state index is 0.828. The second-order valence-electron chi connectivity index (χ2n) is 5.43. The summed E-state index contributed by atoms with van der Waals surface area (Å²) in [5.74, 6) is 1.07. The lowest BCUT2D eigenvalue weighted by molar-refractivity contribution is 0.319. The van der Waals surface area contributed by atoms with Crippen molar-refractivity contribution in [2.45, 2.75) is 25.8 Å². The van der Waals surface area contributed by atoms with Crippen molar-refractivity contribution < 1.29 is 4.74 Å². The van der Waals surface area contributed by atoms with Crippen molar-refractivity contribution in [3.05, 3.63) is 24.2 Å². The number of hydrogen-bond acceptors (Lipinski definition) is 3. The molecule has 0 fully saturated rings. The number of hydrogen-bond donors (Lipinski definition) is 0. The summed E-state index contributed by atoms with van der Waals surface area (Å²) in [6.45, 7) is 2.87. The zero-order chi connectivity index (χ0) is 13.2. The van der Waals surface area contributed by atoms with Crippen LogP contribution in [0.5, 0.6) is 5.75 Å². The third-order valence-electron chi connectivity index (χ3n) is 3.75. The smallest absolute Gasteiger partial charge is 0.149 e. The number of nitrogens with zero attached hydrogens (tertiary/aromatic N) is 3. The van der Waals surface area contributed by atoms with Gasteiger partial charge < -0.3 is 14.2 Å². The molecule has 19 heavy (non-hydrogen) atoms. The van der Waals surface area contributed by atoms with Gasteiger partial charge in [0, 0.05) is 25.5 Å². The number of aromatic nitrogens is 2. The summed E-state index contributed by atoms with van der Waals surface area (Å²) in [4.78, 5) is 6.48. The molecule has 0 amide bonds. The average Bonchev–Trinajstić information content (AvgIpc) is 2.56. The maximum absolute atomic E-state index is 5.97. The average molecular weight is 259 g/mol. The van der Waals surface area contributed by atoms with Gasteiger partial charge in [-0.25, -0.2) is 0 Å². The molecular weight excluding hydrogens is 238 g/mol. The highest BCUT2D eigenvalue weighted by molar-refractivity contribution is 5.88. The lowest BCUT2D eigenvalue weighted by atomic mass is 10.2. The standard InChI is InChI=1S/C15H21N3O/c1-17(2)8-9-18-13-6-7-16-11-12(13)15-14(18)5-3-4-10-19-15/h6-7,11H,3-5,8-10H2,1-2H3. The highest BCUT2D eigenvalue weighted by Crippen LogP contribution is 2.35. The van der Waals surface area contributed by atoms with E-state index in [4.69, 9.17) is 4.74 Å². The number of pyridine rings is 1. The fourth-order valence-corrected chi connectivity index (χ4v) is 2.75. The molecule has 0 bridgehead atoms. The molecule has 0 aromatic carbocycles.